The lowest BCUT2D eigenvalue weighted by Gasteiger charge is -2.31. The molecule has 2 aromatic heterocycles. The van der Waals surface area contributed by atoms with Gasteiger partial charge in [-0.3, -0.25) is 4.57 Å². The first-order valence-electron chi connectivity index (χ1n) is 26.3. The van der Waals surface area contributed by atoms with Gasteiger partial charge in [0.25, 0.3) is 0 Å². The van der Waals surface area contributed by atoms with E-state index in [1.807, 2.05) is 48.7 Å². The summed E-state index contributed by atoms with van der Waals surface area (Å²) in [5.41, 5.74) is 12.9. The van der Waals surface area contributed by atoms with Gasteiger partial charge in [-0.05, 0) is 128 Å². The molecule has 0 unspecified atom stereocenters. The van der Waals surface area contributed by atoms with Crippen LogP contribution in [-0.4, -0.2) is 16.2 Å². The van der Waals surface area contributed by atoms with Crippen LogP contribution in [0.15, 0.2) is 176 Å². The second-order valence-corrected chi connectivity index (χ2v) is 23.0. The van der Waals surface area contributed by atoms with E-state index in [0.717, 1.165) is 95.8 Å². The van der Waals surface area contributed by atoms with Crippen molar-refractivity contribution in [1.29, 1.82) is 0 Å². The lowest BCUT2D eigenvalue weighted by atomic mass is 9.81. The van der Waals surface area contributed by atoms with Crippen molar-refractivity contribution in [3.63, 3.8) is 0 Å². The van der Waals surface area contributed by atoms with E-state index < -0.39 is 22.9 Å². The number of halogens is 3. The molecule has 11 rings (SSSR count). The van der Waals surface area contributed by atoms with Crippen LogP contribution in [0.25, 0.3) is 61.0 Å². The van der Waals surface area contributed by atoms with Crippen LogP contribution in [0.4, 0.5) is 35.9 Å². The topological polar surface area (TPSA) is 33.5 Å². The molecule has 8 heteroatoms. The number of hydrogen-bond donors (Lipinski definition) is 0. The van der Waals surface area contributed by atoms with Crippen LogP contribution in [0.1, 0.15) is 103 Å². The summed E-state index contributed by atoms with van der Waals surface area (Å²) in [5.74, 6) is -0.372. The third-order valence-corrected chi connectivity index (χ3v) is 14.9. The van der Waals surface area contributed by atoms with E-state index in [0.29, 0.717) is 22.7 Å². The molecule has 8 aromatic carbocycles. The van der Waals surface area contributed by atoms with Crippen LogP contribution in [0.3, 0.4) is 0 Å². The Bertz CT molecular complexity index is 3810. The summed E-state index contributed by atoms with van der Waals surface area (Å²) in [6, 6.07) is 56.0. The number of nitrogens with zero attached hydrogens (tertiary/aromatic N) is 4. The fourth-order valence-electron chi connectivity index (χ4n) is 10.7. The molecule has 10 aromatic rings. The molecule has 0 aliphatic carbocycles. The molecule has 0 saturated heterocycles. The number of rotatable bonds is 10. The standard InChI is InChI=1S/C68H63F3N4O/c1-41(2)44-28-45(42(3)4)30-47(29-44)56-33-49(68(8,9)10)34-57(65-58(70)36-50(69)37-59(65)71)66(56)74-40-73(61-22-16-17-23-62(61)74)51-31-46(43-18-12-11-13-19-43)32-53(38-51)76-52-24-25-55-54-20-14-15-21-60(54)75(63(55)39-52)64-35-48(26-27-72-64)67(5,6)7/h11-39,41-42H,40H2,1-10H3. The number of hydrogen-bond acceptors (Lipinski definition) is 4. The fourth-order valence-corrected chi connectivity index (χ4v) is 10.7. The van der Waals surface area contributed by atoms with Gasteiger partial charge in [-0.1, -0.05) is 148 Å². The van der Waals surface area contributed by atoms with Gasteiger partial charge in [0.1, 0.15) is 41.4 Å². The minimum atomic E-state index is -0.974. The number of anilines is 4. The zero-order valence-corrected chi connectivity index (χ0v) is 44.9. The smallest absolute Gasteiger partial charge is 0.137 e. The summed E-state index contributed by atoms with van der Waals surface area (Å²) in [6.45, 7) is 21.9. The van der Waals surface area contributed by atoms with Crippen molar-refractivity contribution < 1.29 is 17.9 Å². The molecule has 0 N–H and O–H groups in total. The van der Waals surface area contributed by atoms with Gasteiger partial charge in [-0.2, -0.15) is 0 Å². The number of para-hydroxylation sites is 3. The molecule has 0 atom stereocenters. The Morgan fingerprint density at radius 3 is 1.79 bits per heavy atom. The number of ether oxygens (including phenoxy) is 1. The molecule has 0 radical (unpaired) electrons. The highest BCUT2D eigenvalue weighted by Gasteiger charge is 2.35. The minimum Gasteiger partial charge on any atom is -0.457 e. The molecule has 0 spiro atoms. The number of fused-ring (bicyclic) bond motifs is 4. The number of aromatic nitrogens is 2. The Morgan fingerprint density at radius 1 is 0.500 bits per heavy atom. The molecule has 1 aliphatic heterocycles. The van der Waals surface area contributed by atoms with Crippen molar-refractivity contribution in [2.24, 2.45) is 0 Å². The fraction of sp³-hybridized carbons (Fsp3) is 0.221. The van der Waals surface area contributed by atoms with Crippen LogP contribution in [-0.2, 0) is 10.8 Å². The molecule has 76 heavy (non-hydrogen) atoms. The van der Waals surface area contributed by atoms with E-state index in [2.05, 4.69) is 199 Å². The van der Waals surface area contributed by atoms with E-state index in [4.69, 9.17) is 9.72 Å². The predicted molar refractivity (Wildman–Crippen MR) is 309 cm³/mol. The van der Waals surface area contributed by atoms with Crippen LogP contribution in [0, 0.1) is 17.5 Å². The average Bonchev–Trinajstić information content (AvgIpc) is 3.99. The van der Waals surface area contributed by atoms with E-state index in [1.54, 1.807) is 0 Å². The number of pyridine rings is 1. The number of benzene rings is 8. The quantitative estimate of drug-likeness (QED) is 0.137. The minimum absolute atomic E-state index is 0.0735. The van der Waals surface area contributed by atoms with Crippen LogP contribution in [0.2, 0.25) is 0 Å². The molecule has 0 saturated carbocycles. The Hall–Kier alpha value is -8.10. The SMILES string of the molecule is CC(C)c1cc(-c2cc(C(C)(C)C)cc(-c3c(F)cc(F)cc3F)c2N2CN(c3cc(Oc4ccc5c6ccccc6n(-c6cc(C(C)(C)C)ccn6)c5c4)cc(-c4ccccc4)c3)c3ccccc32)cc(C(C)C)c1. The molecular weight excluding hydrogens is 946 g/mol. The molecule has 5 nitrogen and oxygen atoms in total. The third-order valence-electron chi connectivity index (χ3n) is 14.9. The van der Waals surface area contributed by atoms with Crippen molar-refractivity contribution in [2.75, 3.05) is 16.5 Å². The Kier molecular flexibility index (Phi) is 12.7. The van der Waals surface area contributed by atoms with E-state index >= 15 is 8.78 Å². The molecule has 0 bridgehead atoms. The molecule has 0 amide bonds. The Morgan fingerprint density at radius 2 is 1.12 bits per heavy atom. The highest BCUT2D eigenvalue weighted by Crippen LogP contribution is 2.53. The van der Waals surface area contributed by atoms with Crippen molar-refractivity contribution >= 4 is 44.6 Å². The van der Waals surface area contributed by atoms with Gasteiger partial charge in [0, 0.05) is 58.0 Å². The largest absolute Gasteiger partial charge is 0.457 e. The Labute approximate surface area is 444 Å². The van der Waals surface area contributed by atoms with Gasteiger partial charge in [0.2, 0.25) is 0 Å². The zero-order chi connectivity index (χ0) is 53.4. The lowest BCUT2D eigenvalue weighted by molar-refractivity contribution is 0.483. The highest BCUT2D eigenvalue weighted by molar-refractivity contribution is 6.09. The molecule has 382 valence electrons. The van der Waals surface area contributed by atoms with Crippen molar-refractivity contribution in [2.45, 2.75) is 91.9 Å². The second kappa shape index (κ2) is 19.2. The summed E-state index contributed by atoms with van der Waals surface area (Å²) < 4.78 is 57.3. The molecular formula is C68H63F3N4O. The van der Waals surface area contributed by atoms with Crippen LogP contribution < -0.4 is 14.5 Å². The maximum Gasteiger partial charge on any atom is 0.137 e. The van der Waals surface area contributed by atoms with Gasteiger partial charge < -0.3 is 14.5 Å². The first-order chi connectivity index (χ1) is 36.3. The van der Waals surface area contributed by atoms with Gasteiger partial charge in [0.05, 0.1) is 33.7 Å². The van der Waals surface area contributed by atoms with E-state index in [-0.39, 0.29) is 29.5 Å². The summed E-state index contributed by atoms with van der Waals surface area (Å²) in [5, 5.41) is 2.21. The maximum atomic E-state index is 16.6. The van der Waals surface area contributed by atoms with Crippen molar-refractivity contribution in [3.05, 3.63) is 216 Å². The summed E-state index contributed by atoms with van der Waals surface area (Å²) in [7, 11) is 0. The molecule has 3 heterocycles. The predicted octanol–water partition coefficient (Wildman–Crippen LogP) is 19.5. The van der Waals surface area contributed by atoms with Crippen LogP contribution in [0.5, 0.6) is 11.5 Å². The summed E-state index contributed by atoms with van der Waals surface area (Å²) in [4.78, 5) is 9.31. The van der Waals surface area contributed by atoms with Gasteiger partial charge in [-0.15, -0.1) is 0 Å². The average molecular weight is 1010 g/mol. The van der Waals surface area contributed by atoms with E-state index in [9.17, 15) is 4.39 Å². The van der Waals surface area contributed by atoms with Crippen LogP contribution >= 0.6 is 0 Å². The summed E-state index contributed by atoms with van der Waals surface area (Å²) in [6.07, 6.45) is 1.89. The maximum absolute atomic E-state index is 16.6. The van der Waals surface area contributed by atoms with Gasteiger partial charge >= 0.3 is 0 Å². The molecule has 0 fully saturated rings. The first kappa shape index (κ1) is 50.1. The van der Waals surface area contributed by atoms with Gasteiger partial charge in [0.15, 0.2) is 0 Å². The normalized spacial score (nSPS) is 12.9. The van der Waals surface area contributed by atoms with Gasteiger partial charge in [-0.25, -0.2) is 18.2 Å². The summed E-state index contributed by atoms with van der Waals surface area (Å²) >= 11 is 0. The van der Waals surface area contributed by atoms with Crippen molar-refractivity contribution in [1.82, 2.24) is 9.55 Å². The highest BCUT2D eigenvalue weighted by atomic mass is 19.1. The monoisotopic (exact) mass is 1010 g/mol. The lowest BCUT2D eigenvalue weighted by Crippen LogP contribution is -2.25. The zero-order valence-electron chi connectivity index (χ0n) is 44.9. The second-order valence-electron chi connectivity index (χ2n) is 23.0. The van der Waals surface area contributed by atoms with E-state index in [1.165, 1.54) is 5.56 Å². The molecule has 1 aliphatic rings. The van der Waals surface area contributed by atoms with Crippen molar-refractivity contribution in [3.8, 4) is 50.7 Å². The third kappa shape index (κ3) is 9.29. The first-order valence-corrected chi connectivity index (χ1v) is 26.3. The Balaban J connectivity index is 1.10.